The minimum atomic E-state index is -0.661. The van der Waals surface area contributed by atoms with Crippen LogP contribution in [0.5, 0.6) is 0 Å². The maximum Gasteiger partial charge on any atom is 0.226 e. The van der Waals surface area contributed by atoms with Crippen LogP contribution in [0.2, 0.25) is 10.0 Å². The molecule has 3 unspecified atom stereocenters. The highest BCUT2D eigenvalue weighted by Gasteiger charge is 2.46. The molecule has 31 heavy (non-hydrogen) atoms. The Kier molecular flexibility index (Phi) is 7.51. The van der Waals surface area contributed by atoms with E-state index >= 15 is 0 Å². The van der Waals surface area contributed by atoms with Crippen molar-refractivity contribution in [3.8, 4) is 0 Å². The van der Waals surface area contributed by atoms with Gasteiger partial charge in [0.25, 0.3) is 0 Å². The number of amides is 1. The maximum absolute atomic E-state index is 13.1. The van der Waals surface area contributed by atoms with Crippen LogP contribution in [0.4, 0.5) is 0 Å². The van der Waals surface area contributed by atoms with Crippen LogP contribution in [-0.2, 0) is 4.79 Å². The SMILES string of the molecule is C=CC[C@@]1(C)C[C@H](c2cccc(Cl)c2)[C@H](C(C)C(C)C(O)c2ccc(Cl)cc2)NC1=O. The molecule has 1 fully saturated rings. The number of piperidine rings is 1. The monoisotopic (exact) mass is 459 g/mol. The lowest BCUT2D eigenvalue weighted by Gasteiger charge is -2.46. The number of hydrogen-bond acceptors (Lipinski definition) is 2. The molecule has 0 bridgehead atoms. The molecule has 3 rings (SSSR count). The minimum absolute atomic E-state index is 0.0203. The van der Waals surface area contributed by atoms with Gasteiger partial charge in [-0.2, -0.15) is 0 Å². The number of carbonyl (C=O) groups is 1. The second-order valence-electron chi connectivity index (χ2n) is 9.13. The van der Waals surface area contributed by atoms with Crippen LogP contribution in [-0.4, -0.2) is 17.1 Å². The molecular formula is C26H31Cl2NO2. The van der Waals surface area contributed by atoms with Crippen LogP contribution >= 0.6 is 23.2 Å². The van der Waals surface area contributed by atoms with E-state index in [9.17, 15) is 9.90 Å². The standard InChI is InChI=1S/C26H31Cl2NO2/c1-5-13-26(4)15-22(19-7-6-8-21(28)14-19)23(29-25(26)31)16(2)17(3)24(30)18-9-11-20(27)12-10-18/h5-12,14,16-17,22-24,30H,1,13,15H2,2-4H3,(H,29,31)/t16?,17?,22-,23+,24?,26+/m1/s1. The Hall–Kier alpha value is -1.81. The maximum atomic E-state index is 13.1. The van der Waals surface area contributed by atoms with E-state index in [-0.39, 0.29) is 29.7 Å². The Morgan fingerprint density at radius 1 is 1.19 bits per heavy atom. The number of aliphatic hydroxyl groups excluding tert-OH is 1. The topological polar surface area (TPSA) is 49.3 Å². The lowest BCUT2D eigenvalue weighted by molar-refractivity contribution is -0.135. The van der Waals surface area contributed by atoms with Crippen LogP contribution in [0.3, 0.4) is 0 Å². The quantitative estimate of drug-likeness (QED) is 0.460. The molecule has 1 heterocycles. The molecule has 6 atom stereocenters. The predicted molar refractivity (Wildman–Crippen MR) is 128 cm³/mol. The van der Waals surface area contributed by atoms with E-state index in [4.69, 9.17) is 23.2 Å². The van der Waals surface area contributed by atoms with Gasteiger partial charge >= 0.3 is 0 Å². The molecule has 166 valence electrons. The first kappa shape index (κ1) is 23.8. The van der Waals surface area contributed by atoms with Crippen LogP contribution in [0.15, 0.2) is 61.2 Å². The number of benzene rings is 2. The van der Waals surface area contributed by atoms with Crippen LogP contribution in [0.1, 0.15) is 56.8 Å². The molecule has 1 aliphatic heterocycles. The zero-order chi connectivity index (χ0) is 22.8. The molecule has 2 aromatic carbocycles. The second kappa shape index (κ2) is 9.77. The molecule has 2 N–H and O–H groups in total. The first-order chi connectivity index (χ1) is 14.7. The second-order valence-corrected chi connectivity index (χ2v) is 10.0. The summed E-state index contributed by atoms with van der Waals surface area (Å²) in [6, 6.07) is 15.0. The lowest BCUT2D eigenvalue weighted by atomic mass is 9.65. The summed E-state index contributed by atoms with van der Waals surface area (Å²) in [6.07, 6.45) is 2.46. The van der Waals surface area contributed by atoms with Gasteiger partial charge in [-0.25, -0.2) is 0 Å². The van der Waals surface area contributed by atoms with Crippen LogP contribution < -0.4 is 5.32 Å². The molecule has 2 aromatic rings. The molecule has 0 aliphatic carbocycles. The smallest absolute Gasteiger partial charge is 0.226 e. The third-order valence-electron chi connectivity index (χ3n) is 6.93. The normalized spacial score (nSPS) is 26.6. The Morgan fingerprint density at radius 3 is 2.48 bits per heavy atom. The van der Waals surface area contributed by atoms with Gasteiger partial charge in [-0.05, 0) is 60.1 Å². The molecule has 1 amide bonds. The highest BCUT2D eigenvalue weighted by molar-refractivity contribution is 6.30. The molecule has 3 nitrogen and oxygen atoms in total. The largest absolute Gasteiger partial charge is 0.388 e. The Balaban J connectivity index is 1.92. The van der Waals surface area contributed by atoms with Crippen molar-refractivity contribution in [3.63, 3.8) is 0 Å². The Bertz CT molecular complexity index is 929. The molecule has 0 saturated carbocycles. The number of rotatable bonds is 7. The number of nitrogens with one attached hydrogen (secondary N) is 1. The van der Waals surface area contributed by atoms with Gasteiger partial charge in [-0.3, -0.25) is 4.79 Å². The zero-order valence-corrected chi connectivity index (χ0v) is 19.8. The number of aliphatic hydroxyl groups is 1. The van der Waals surface area contributed by atoms with Crippen LogP contribution in [0.25, 0.3) is 0 Å². The number of allylic oxidation sites excluding steroid dienone is 1. The highest BCUT2D eigenvalue weighted by atomic mass is 35.5. The molecular weight excluding hydrogens is 429 g/mol. The average Bonchev–Trinajstić information content (AvgIpc) is 2.74. The molecule has 0 aromatic heterocycles. The summed E-state index contributed by atoms with van der Waals surface area (Å²) < 4.78 is 0. The van der Waals surface area contributed by atoms with E-state index in [1.165, 1.54) is 0 Å². The Morgan fingerprint density at radius 2 is 1.87 bits per heavy atom. The zero-order valence-electron chi connectivity index (χ0n) is 18.3. The van der Waals surface area contributed by atoms with Crippen molar-refractivity contribution >= 4 is 29.1 Å². The lowest BCUT2D eigenvalue weighted by Crippen LogP contribution is -2.56. The molecule has 5 heteroatoms. The van der Waals surface area contributed by atoms with E-state index in [0.29, 0.717) is 22.9 Å². The van der Waals surface area contributed by atoms with Gasteiger partial charge in [0.1, 0.15) is 0 Å². The first-order valence-electron chi connectivity index (χ1n) is 10.8. The van der Waals surface area contributed by atoms with Crippen molar-refractivity contribution in [1.29, 1.82) is 0 Å². The Labute approximate surface area is 195 Å². The summed E-state index contributed by atoms with van der Waals surface area (Å²) in [5.74, 6) is 0.0516. The number of halogens is 2. The fourth-order valence-electron chi connectivity index (χ4n) is 4.76. The summed E-state index contributed by atoms with van der Waals surface area (Å²) in [4.78, 5) is 13.1. The van der Waals surface area contributed by atoms with Gasteiger partial charge < -0.3 is 10.4 Å². The molecule has 0 radical (unpaired) electrons. The molecule has 0 spiro atoms. The van der Waals surface area contributed by atoms with E-state index in [0.717, 1.165) is 11.1 Å². The van der Waals surface area contributed by atoms with Crippen molar-refractivity contribution in [3.05, 3.63) is 82.4 Å². The van der Waals surface area contributed by atoms with Crippen molar-refractivity contribution in [1.82, 2.24) is 5.32 Å². The van der Waals surface area contributed by atoms with Gasteiger partial charge in [-0.1, -0.05) is 74.3 Å². The van der Waals surface area contributed by atoms with Crippen molar-refractivity contribution in [2.75, 3.05) is 0 Å². The van der Waals surface area contributed by atoms with Crippen molar-refractivity contribution in [2.24, 2.45) is 17.3 Å². The average molecular weight is 460 g/mol. The fraction of sp³-hybridized carbons (Fsp3) is 0.423. The van der Waals surface area contributed by atoms with E-state index in [1.807, 2.05) is 50.3 Å². The van der Waals surface area contributed by atoms with Gasteiger partial charge in [0.15, 0.2) is 0 Å². The van der Waals surface area contributed by atoms with Gasteiger partial charge in [-0.15, -0.1) is 6.58 Å². The number of carbonyl (C=O) groups excluding carboxylic acids is 1. The first-order valence-corrected chi connectivity index (χ1v) is 11.5. The summed E-state index contributed by atoms with van der Waals surface area (Å²) in [7, 11) is 0. The summed E-state index contributed by atoms with van der Waals surface area (Å²) in [6.45, 7) is 9.97. The minimum Gasteiger partial charge on any atom is -0.388 e. The summed E-state index contributed by atoms with van der Waals surface area (Å²) >= 11 is 12.3. The molecule has 1 aliphatic rings. The van der Waals surface area contributed by atoms with Crippen molar-refractivity contribution in [2.45, 2.75) is 51.7 Å². The third kappa shape index (κ3) is 5.16. The van der Waals surface area contributed by atoms with Gasteiger partial charge in [0, 0.05) is 22.0 Å². The third-order valence-corrected chi connectivity index (χ3v) is 7.41. The van der Waals surface area contributed by atoms with E-state index < -0.39 is 11.5 Å². The van der Waals surface area contributed by atoms with Crippen molar-refractivity contribution < 1.29 is 9.90 Å². The molecule has 1 saturated heterocycles. The van der Waals surface area contributed by atoms with Gasteiger partial charge in [0.05, 0.1) is 11.5 Å². The predicted octanol–water partition coefficient (Wildman–Crippen LogP) is 6.55. The number of hydrogen-bond donors (Lipinski definition) is 2. The van der Waals surface area contributed by atoms with E-state index in [2.05, 4.69) is 24.9 Å². The summed E-state index contributed by atoms with van der Waals surface area (Å²) in [5, 5.41) is 15.7. The fourth-order valence-corrected chi connectivity index (χ4v) is 5.09. The van der Waals surface area contributed by atoms with Crippen LogP contribution in [0, 0.1) is 17.3 Å². The van der Waals surface area contributed by atoms with E-state index in [1.54, 1.807) is 12.1 Å². The summed E-state index contributed by atoms with van der Waals surface area (Å²) in [5.41, 5.74) is 1.40. The van der Waals surface area contributed by atoms with Gasteiger partial charge in [0.2, 0.25) is 5.91 Å². The highest BCUT2D eigenvalue weighted by Crippen LogP contribution is 2.45.